The maximum Gasteiger partial charge on any atom is -0.00872 e. The lowest BCUT2D eigenvalue weighted by molar-refractivity contribution is -0.0679. The summed E-state index contributed by atoms with van der Waals surface area (Å²) in [5.74, 6) is 4.15. The van der Waals surface area contributed by atoms with E-state index in [4.69, 9.17) is 0 Å². The Hall–Kier alpha value is -0.260. The molecule has 1 unspecified atom stereocenters. The first-order chi connectivity index (χ1) is 9.13. The van der Waals surface area contributed by atoms with Crippen LogP contribution in [0.15, 0.2) is 12.2 Å². The second kappa shape index (κ2) is 4.12. The van der Waals surface area contributed by atoms with Crippen molar-refractivity contribution in [1.82, 2.24) is 0 Å². The van der Waals surface area contributed by atoms with Gasteiger partial charge >= 0.3 is 0 Å². The predicted molar refractivity (Wildman–Crippen MR) is 80.9 cm³/mol. The molecule has 0 radical (unpaired) electrons. The van der Waals surface area contributed by atoms with Gasteiger partial charge in [-0.15, -0.1) is 0 Å². The van der Waals surface area contributed by atoms with Crippen molar-refractivity contribution in [3.8, 4) is 0 Å². The Morgan fingerprint density at radius 3 is 2.68 bits per heavy atom. The van der Waals surface area contributed by atoms with E-state index in [2.05, 4.69) is 26.0 Å². The van der Waals surface area contributed by atoms with Gasteiger partial charge in [0.15, 0.2) is 0 Å². The molecule has 3 fully saturated rings. The maximum absolute atomic E-state index is 2.65. The molecule has 4 aliphatic carbocycles. The SMILES string of the molecule is C[C@@]12CCC[C@@H]1[C@@H]1CCC3CCC=C[C@]3(C)[C@H]1CC2. The monoisotopic (exact) mass is 258 g/mol. The predicted octanol–water partition coefficient (Wildman–Crippen LogP) is 5.59. The number of hydrogen-bond donors (Lipinski definition) is 0. The normalized spacial score (nSPS) is 56.3. The molecule has 0 bridgehead atoms. The van der Waals surface area contributed by atoms with Gasteiger partial charge in [-0.2, -0.15) is 0 Å². The van der Waals surface area contributed by atoms with Crippen LogP contribution in [0, 0.1) is 34.5 Å². The van der Waals surface area contributed by atoms with Crippen LogP contribution in [-0.4, -0.2) is 0 Å². The highest BCUT2D eigenvalue weighted by atomic mass is 14.6. The van der Waals surface area contributed by atoms with Gasteiger partial charge in [-0.1, -0.05) is 32.4 Å². The van der Waals surface area contributed by atoms with E-state index in [1.807, 2.05) is 0 Å². The van der Waals surface area contributed by atoms with Crippen LogP contribution in [0.5, 0.6) is 0 Å². The van der Waals surface area contributed by atoms with Crippen molar-refractivity contribution < 1.29 is 0 Å². The lowest BCUT2D eigenvalue weighted by atomic mass is 9.46. The molecule has 0 heterocycles. The van der Waals surface area contributed by atoms with Crippen molar-refractivity contribution in [3.63, 3.8) is 0 Å². The van der Waals surface area contributed by atoms with Crippen molar-refractivity contribution in [2.75, 3.05) is 0 Å². The minimum absolute atomic E-state index is 0.561. The van der Waals surface area contributed by atoms with Gasteiger partial charge in [0.05, 0.1) is 0 Å². The Morgan fingerprint density at radius 2 is 1.79 bits per heavy atom. The van der Waals surface area contributed by atoms with Gasteiger partial charge in [0.1, 0.15) is 0 Å². The maximum atomic E-state index is 2.65. The molecule has 0 nitrogen and oxygen atoms in total. The van der Waals surface area contributed by atoms with Crippen LogP contribution in [0.3, 0.4) is 0 Å². The van der Waals surface area contributed by atoms with Crippen LogP contribution in [-0.2, 0) is 0 Å². The van der Waals surface area contributed by atoms with E-state index in [-0.39, 0.29) is 0 Å². The Kier molecular flexibility index (Phi) is 2.71. The van der Waals surface area contributed by atoms with Crippen molar-refractivity contribution in [1.29, 1.82) is 0 Å². The van der Waals surface area contributed by atoms with E-state index in [0.717, 1.165) is 29.1 Å². The highest BCUT2D eigenvalue weighted by Gasteiger charge is 2.56. The zero-order chi connectivity index (χ0) is 13.1. The minimum atomic E-state index is 0.561. The van der Waals surface area contributed by atoms with Crippen LogP contribution in [0.25, 0.3) is 0 Å². The highest BCUT2D eigenvalue weighted by Crippen LogP contribution is 2.65. The first kappa shape index (κ1) is 12.5. The molecule has 19 heavy (non-hydrogen) atoms. The van der Waals surface area contributed by atoms with Crippen LogP contribution >= 0.6 is 0 Å². The second-order valence-corrected chi connectivity index (χ2v) is 8.58. The van der Waals surface area contributed by atoms with E-state index >= 15 is 0 Å². The first-order valence-electron chi connectivity index (χ1n) is 8.81. The fraction of sp³-hybridized carbons (Fsp3) is 0.895. The molecule has 3 saturated carbocycles. The number of rotatable bonds is 0. The summed E-state index contributed by atoms with van der Waals surface area (Å²) in [6.45, 7) is 5.23. The Balaban J connectivity index is 1.68. The summed E-state index contributed by atoms with van der Waals surface area (Å²) in [6, 6.07) is 0. The molecule has 0 N–H and O–H groups in total. The van der Waals surface area contributed by atoms with Gasteiger partial charge in [-0.25, -0.2) is 0 Å². The topological polar surface area (TPSA) is 0 Å². The molecule has 0 aromatic heterocycles. The molecule has 4 aliphatic rings. The van der Waals surface area contributed by atoms with Crippen LogP contribution in [0.4, 0.5) is 0 Å². The van der Waals surface area contributed by atoms with Crippen molar-refractivity contribution in [2.24, 2.45) is 34.5 Å². The molecule has 0 aliphatic heterocycles. The van der Waals surface area contributed by atoms with E-state index < -0.39 is 0 Å². The molecular formula is C19H30. The molecule has 0 amide bonds. The van der Waals surface area contributed by atoms with Gasteiger partial charge in [0.25, 0.3) is 0 Å². The molecule has 0 aromatic rings. The Morgan fingerprint density at radius 1 is 0.895 bits per heavy atom. The molecule has 0 heteroatoms. The summed E-state index contributed by atoms with van der Waals surface area (Å²) in [5.41, 5.74) is 1.29. The standard InChI is InChI=1S/C19H30/c1-18-11-5-7-16(18)15-9-8-14-6-3-4-12-19(14,2)17(15)10-13-18/h4,12,14-17H,3,5-11,13H2,1-2H3/t14?,15-,16+,17-,18-,19-/m0/s1. The number of fused-ring (bicyclic) bond motifs is 5. The molecule has 106 valence electrons. The summed E-state index contributed by atoms with van der Waals surface area (Å²) in [5, 5.41) is 0. The second-order valence-electron chi connectivity index (χ2n) is 8.58. The first-order valence-corrected chi connectivity index (χ1v) is 8.81. The fourth-order valence-corrected chi connectivity index (χ4v) is 6.81. The molecule has 0 spiro atoms. The summed E-state index contributed by atoms with van der Waals surface area (Å²) in [7, 11) is 0. The zero-order valence-electron chi connectivity index (χ0n) is 12.8. The largest absolute Gasteiger partial charge is 0.0880 e. The van der Waals surface area contributed by atoms with Gasteiger partial charge in [-0.3, -0.25) is 0 Å². The molecule has 6 atom stereocenters. The van der Waals surface area contributed by atoms with Crippen molar-refractivity contribution in [2.45, 2.75) is 71.6 Å². The van der Waals surface area contributed by atoms with Crippen molar-refractivity contribution >= 4 is 0 Å². The molecule has 4 rings (SSSR count). The summed E-state index contributed by atoms with van der Waals surface area (Å²) in [4.78, 5) is 0. The van der Waals surface area contributed by atoms with E-state index in [1.54, 1.807) is 12.8 Å². The Bertz CT molecular complexity index is 395. The van der Waals surface area contributed by atoms with Crippen molar-refractivity contribution in [3.05, 3.63) is 12.2 Å². The van der Waals surface area contributed by atoms with Gasteiger partial charge in [-0.05, 0) is 85.9 Å². The number of allylic oxidation sites excluding steroid dienone is 2. The lowest BCUT2D eigenvalue weighted by Gasteiger charge is -2.58. The van der Waals surface area contributed by atoms with E-state index in [1.165, 1.54) is 44.9 Å². The van der Waals surface area contributed by atoms with Gasteiger partial charge < -0.3 is 0 Å². The molecule has 0 aromatic carbocycles. The van der Waals surface area contributed by atoms with Gasteiger partial charge in [0, 0.05) is 0 Å². The zero-order valence-corrected chi connectivity index (χ0v) is 12.8. The highest BCUT2D eigenvalue weighted by molar-refractivity contribution is 5.14. The lowest BCUT2D eigenvalue weighted by Crippen LogP contribution is -2.50. The van der Waals surface area contributed by atoms with Crippen LogP contribution in [0.1, 0.15) is 71.6 Å². The van der Waals surface area contributed by atoms with Gasteiger partial charge in [0.2, 0.25) is 0 Å². The fourth-order valence-electron chi connectivity index (χ4n) is 6.81. The number of hydrogen-bond acceptors (Lipinski definition) is 0. The summed E-state index contributed by atoms with van der Waals surface area (Å²) < 4.78 is 0. The Labute approximate surface area is 119 Å². The molecular weight excluding hydrogens is 228 g/mol. The minimum Gasteiger partial charge on any atom is -0.0880 e. The summed E-state index contributed by atoms with van der Waals surface area (Å²) in [6.07, 6.45) is 18.7. The third kappa shape index (κ3) is 1.64. The van der Waals surface area contributed by atoms with Crippen LogP contribution in [0.2, 0.25) is 0 Å². The van der Waals surface area contributed by atoms with Crippen LogP contribution < -0.4 is 0 Å². The third-order valence-corrected chi connectivity index (χ3v) is 7.90. The smallest absolute Gasteiger partial charge is 0.00872 e. The quantitative estimate of drug-likeness (QED) is 0.497. The average molecular weight is 258 g/mol. The average Bonchev–Trinajstić information content (AvgIpc) is 2.79. The third-order valence-electron chi connectivity index (χ3n) is 7.90. The summed E-state index contributed by atoms with van der Waals surface area (Å²) >= 11 is 0. The van der Waals surface area contributed by atoms with E-state index in [0.29, 0.717) is 5.41 Å². The molecule has 0 saturated heterocycles. The van der Waals surface area contributed by atoms with E-state index in [9.17, 15) is 0 Å².